The summed E-state index contributed by atoms with van der Waals surface area (Å²) < 4.78 is 2.15. The second-order valence-corrected chi connectivity index (χ2v) is 2.25. The molecule has 0 bridgehead atoms. The maximum atomic E-state index is 4.06. The molecule has 0 unspecified atom stereocenters. The molecule has 0 radical (unpaired) electrons. The predicted octanol–water partition coefficient (Wildman–Crippen LogP) is 1.43. The number of nitrogens with zero attached hydrogens (tertiary/aromatic N) is 2. The molecule has 1 aromatic rings. The van der Waals surface area contributed by atoms with E-state index in [2.05, 4.69) is 21.8 Å². The van der Waals surface area contributed by atoms with Crippen LogP contribution in [-0.4, -0.2) is 10.8 Å². The van der Waals surface area contributed by atoms with Crippen molar-refractivity contribution in [1.29, 1.82) is 0 Å². The van der Waals surface area contributed by atoms with Gasteiger partial charge in [0.15, 0.2) is 0 Å². The van der Waals surface area contributed by atoms with Gasteiger partial charge in [0.25, 0.3) is 0 Å². The van der Waals surface area contributed by atoms with Crippen molar-refractivity contribution in [2.75, 3.05) is 0 Å². The van der Waals surface area contributed by atoms with Gasteiger partial charge in [0, 0.05) is 18.9 Å². The molecule has 0 fully saturated rings. The second kappa shape index (κ2) is 2.14. The zero-order chi connectivity index (χ0) is 6.81. The Balaban J connectivity index is 2.50. The van der Waals surface area contributed by atoms with Crippen molar-refractivity contribution >= 4 is 6.21 Å². The fourth-order valence-electron chi connectivity index (χ4n) is 1.05. The van der Waals surface area contributed by atoms with Gasteiger partial charge >= 0.3 is 0 Å². The standard InChI is InChI=1S/C8H8N2/c1-3-8-7-9-4-2-6-10(8)5-1/h1-5,7H,6H2. The van der Waals surface area contributed by atoms with Gasteiger partial charge in [-0.3, -0.25) is 4.99 Å². The Labute approximate surface area is 59.5 Å². The molecule has 2 heterocycles. The van der Waals surface area contributed by atoms with E-state index in [1.165, 1.54) is 5.69 Å². The first-order valence-corrected chi connectivity index (χ1v) is 3.30. The van der Waals surface area contributed by atoms with Crippen molar-refractivity contribution in [1.82, 2.24) is 4.57 Å². The molecular formula is C8H8N2. The number of hydrogen-bond donors (Lipinski definition) is 0. The highest BCUT2D eigenvalue weighted by molar-refractivity contribution is 5.78. The summed E-state index contributed by atoms with van der Waals surface area (Å²) in [7, 11) is 0. The van der Waals surface area contributed by atoms with Crippen LogP contribution >= 0.6 is 0 Å². The molecule has 0 atom stereocenters. The third kappa shape index (κ3) is 0.778. The Hall–Kier alpha value is -1.31. The molecule has 0 saturated heterocycles. The number of allylic oxidation sites excluding steroid dienone is 1. The number of fused-ring (bicyclic) bond motifs is 1. The van der Waals surface area contributed by atoms with Crippen molar-refractivity contribution in [2.24, 2.45) is 4.99 Å². The van der Waals surface area contributed by atoms with Gasteiger partial charge in [0.05, 0.1) is 11.9 Å². The van der Waals surface area contributed by atoms with Crippen molar-refractivity contribution in [3.8, 4) is 0 Å². The van der Waals surface area contributed by atoms with Crippen LogP contribution in [0.15, 0.2) is 35.6 Å². The van der Waals surface area contributed by atoms with Gasteiger partial charge in [-0.1, -0.05) is 0 Å². The highest BCUT2D eigenvalue weighted by Crippen LogP contribution is 2.02. The molecule has 0 saturated carbocycles. The zero-order valence-electron chi connectivity index (χ0n) is 5.57. The van der Waals surface area contributed by atoms with Crippen LogP contribution in [0.2, 0.25) is 0 Å². The van der Waals surface area contributed by atoms with E-state index < -0.39 is 0 Å². The highest BCUT2D eigenvalue weighted by Gasteiger charge is 1.95. The molecule has 1 aliphatic rings. The summed E-state index contributed by atoms with van der Waals surface area (Å²) >= 11 is 0. The number of rotatable bonds is 0. The normalized spacial score (nSPS) is 14.8. The van der Waals surface area contributed by atoms with E-state index in [0.29, 0.717) is 0 Å². The largest absolute Gasteiger partial charge is 0.343 e. The van der Waals surface area contributed by atoms with Gasteiger partial charge in [-0.25, -0.2) is 0 Å². The van der Waals surface area contributed by atoms with Crippen LogP contribution in [0.25, 0.3) is 0 Å². The van der Waals surface area contributed by atoms with Gasteiger partial charge in [0.2, 0.25) is 0 Å². The van der Waals surface area contributed by atoms with Crippen LogP contribution in [-0.2, 0) is 6.54 Å². The van der Waals surface area contributed by atoms with Crippen LogP contribution in [0.5, 0.6) is 0 Å². The van der Waals surface area contributed by atoms with Gasteiger partial charge < -0.3 is 4.57 Å². The molecule has 50 valence electrons. The molecule has 10 heavy (non-hydrogen) atoms. The Kier molecular flexibility index (Phi) is 1.17. The zero-order valence-corrected chi connectivity index (χ0v) is 5.57. The molecule has 2 nitrogen and oxygen atoms in total. The van der Waals surface area contributed by atoms with Crippen LogP contribution < -0.4 is 0 Å². The van der Waals surface area contributed by atoms with E-state index in [4.69, 9.17) is 0 Å². The van der Waals surface area contributed by atoms with Crippen LogP contribution in [0.3, 0.4) is 0 Å². The Morgan fingerprint density at radius 3 is 3.50 bits per heavy atom. The monoisotopic (exact) mass is 132 g/mol. The smallest absolute Gasteiger partial charge is 0.0595 e. The van der Waals surface area contributed by atoms with Gasteiger partial charge in [-0.05, 0) is 18.2 Å². The van der Waals surface area contributed by atoms with Crippen molar-refractivity contribution in [3.63, 3.8) is 0 Å². The lowest BCUT2D eigenvalue weighted by atomic mass is 10.4. The predicted molar refractivity (Wildman–Crippen MR) is 41.2 cm³/mol. The maximum absolute atomic E-state index is 4.06. The van der Waals surface area contributed by atoms with Crippen molar-refractivity contribution in [3.05, 3.63) is 36.3 Å². The van der Waals surface area contributed by atoms with Crippen LogP contribution in [0.1, 0.15) is 5.69 Å². The van der Waals surface area contributed by atoms with E-state index in [1.54, 1.807) is 0 Å². The van der Waals surface area contributed by atoms with E-state index >= 15 is 0 Å². The minimum atomic E-state index is 0.933. The Morgan fingerprint density at radius 2 is 2.50 bits per heavy atom. The van der Waals surface area contributed by atoms with E-state index in [9.17, 15) is 0 Å². The maximum Gasteiger partial charge on any atom is 0.0595 e. The number of hydrogen-bond acceptors (Lipinski definition) is 1. The van der Waals surface area contributed by atoms with E-state index in [1.807, 2.05) is 24.6 Å². The minimum Gasteiger partial charge on any atom is -0.343 e. The Morgan fingerprint density at radius 1 is 1.50 bits per heavy atom. The SMILES string of the molecule is C1=CN=Cc2cccn2C1. The first kappa shape index (κ1) is 5.47. The van der Waals surface area contributed by atoms with Crippen molar-refractivity contribution < 1.29 is 0 Å². The lowest BCUT2D eigenvalue weighted by molar-refractivity contribution is 0.827. The molecule has 2 heteroatoms. The van der Waals surface area contributed by atoms with E-state index in [0.717, 1.165) is 6.54 Å². The van der Waals surface area contributed by atoms with Crippen LogP contribution in [0.4, 0.5) is 0 Å². The fourth-order valence-corrected chi connectivity index (χ4v) is 1.05. The Bertz CT molecular complexity index is 281. The average molecular weight is 132 g/mol. The topological polar surface area (TPSA) is 17.3 Å². The quantitative estimate of drug-likeness (QED) is 0.508. The summed E-state index contributed by atoms with van der Waals surface area (Å²) in [6.45, 7) is 0.933. The highest BCUT2D eigenvalue weighted by atomic mass is 15.0. The molecule has 0 aliphatic carbocycles. The molecule has 0 amide bonds. The summed E-state index contributed by atoms with van der Waals surface area (Å²) in [5.41, 5.74) is 1.17. The molecule has 0 spiro atoms. The average Bonchev–Trinajstić information content (AvgIpc) is 2.28. The van der Waals surface area contributed by atoms with Gasteiger partial charge in [-0.15, -0.1) is 0 Å². The summed E-state index contributed by atoms with van der Waals surface area (Å²) in [5, 5.41) is 0. The third-order valence-corrected chi connectivity index (χ3v) is 1.57. The van der Waals surface area contributed by atoms with Gasteiger partial charge in [-0.2, -0.15) is 0 Å². The molecule has 1 aliphatic heterocycles. The summed E-state index contributed by atoms with van der Waals surface area (Å²) in [4.78, 5) is 4.06. The molecule has 2 rings (SSSR count). The molecule has 0 aromatic carbocycles. The minimum absolute atomic E-state index is 0.933. The van der Waals surface area contributed by atoms with Crippen LogP contribution in [0, 0.1) is 0 Å². The first-order valence-electron chi connectivity index (χ1n) is 3.30. The summed E-state index contributed by atoms with van der Waals surface area (Å²) in [6, 6.07) is 4.08. The first-order chi connectivity index (χ1) is 4.97. The lowest BCUT2D eigenvalue weighted by Gasteiger charge is -1.97. The van der Waals surface area contributed by atoms with Crippen molar-refractivity contribution in [2.45, 2.75) is 6.54 Å². The lowest BCUT2D eigenvalue weighted by Crippen LogP contribution is -1.96. The molecule has 0 N–H and O–H groups in total. The summed E-state index contributed by atoms with van der Waals surface area (Å²) in [6.07, 6.45) is 7.78. The number of aliphatic imine (C=N–C) groups is 1. The molecular weight excluding hydrogens is 124 g/mol. The fraction of sp³-hybridized carbons (Fsp3) is 0.125. The van der Waals surface area contributed by atoms with E-state index in [-0.39, 0.29) is 0 Å². The number of aromatic nitrogens is 1. The van der Waals surface area contributed by atoms with Gasteiger partial charge in [0.1, 0.15) is 0 Å². The molecule has 1 aromatic heterocycles. The summed E-state index contributed by atoms with van der Waals surface area (Å²) in [5.74, 6) is 0. The second-order valence-electron chi connectivity index (χ2n) is 2.25. The third-order valence-electron chi connectivity index (χ3n) is 1.57.